The molecule has 0 aliphatic carbocycles. The number of imidazole rings is 1. The summed E-state index contributed by atoms with van der Waals surface area (Å²) in [7, 11) is 0. The molecular formula is C105H65N9O3. The maximum atomic E-state index is 6.56. The lowest BCUT2D eigenvalue weighted by molar-refractivity contribution is 0.635. The third-order valence-electron chi connectivity index (χ3n) is 22.6. The Kier molecular flexibility index (Phi) is 15.6. The second-order valence-corrected chi connectivity index (χ2v) is 29.5. The normalized spacial score (nSPS) is 11.8. The first-order valence-electron chi connectivity index (χ1n) is 39.2. The van der Waals surface area contributed by atoms with Crippen LogP contribution in [0.15, 0.2) is 408 Å². The van der Waals surface area contributed by atoms with Gasteiger partial charge in [-0.3, -0.25) is 18.9 Å². The molecular weight excluding hydrogens is 1440 g/mol. The van der Waals surface area contributed by atoms with Crippen LogP contribution in [0.4, 0.5) is 0 Å². The topological polar surface area (TPSA) is 123 Å². The summed E-state index contributed by atoms with van der Waals surface area (Å²) < 4.78 is 28.5. The molecule has 0 atom stereocenters. The van der Waals surface area contributed by atoms with E-state index in [1.165, 1.54) is 10.8 Å². The first-order chi connectivity index (χ1) is 58.0. The molecule has 0 saturated heterocycles. The van der Waals surface area contributed by atoms with Crippen LogP contribution in [0.3, 0.4) is 0 Å². The standard InChI is InChI=1S/C39H25N3O.C38H23N3O.C28H17N3O/c1-3-11-26(12-4-1)34-25-29-20-23-33-36(39(29)43-34)31-15-7-8-16-32(31)42(33)30-21-18-27(19-22-30)37-38(28-13-5-2-6-14-28)41-24-10-9-17-35(41)40-37;1-2-8-24(9-3-1)34-22-28-17-18-33-35(38(28)42-34)31-13-4-5-14-32(31)41(33)30-12-6-10-26(21-30)29-20-27-16-15-25-11-7-19-39-36(25)37(27)40-23-29;1-2-8-18(9-3-1)25-16-19-14-15-24-26(27(19)32-25)21-11-5-7-13-23(21)31(24)28-29-17-20-10-4-6-12-22(20)30-28/h1-25H;1-23H;1-17H. The Bertz CT molecular complexity index is 8200. The van der Waals surface area contributed by atoms with Crippen molar-refractivity contribution in [3.63, 3.8) is 0 Å². The average molecular weight is 1500 g/mol. The van der Waals surface area contributed by atoms with E-state index in [4.69, 9.17) is 33.2 Å². The lowest BCUT2D eigenvalue weighted by Gasteiger charge is -2.11. The van der Waals surface area contributed by atoms with Crippen molar-refractivity contribution >= 4 is 137 Å². The molecule has 0 N–H and O–H groups in total. The molecule has 0 aliphatic rings. The molecule has 12 heteroatoms. The van der Waals surface area contributed by atoms with Crippen molar-refractivity contribution in [3.05, 3.63) is 395 Å². The lowest BCUT2D eigenvalue weighted by Crippen LogP contribution is -2.00. The summed E-state index contributed by atoms with van der Waals surface area (Å²) in [6, 6.07) is 128. The lowest BCUT2D eigenvalue weighted by atomic mass is 10.0. The second-order valence-electron chi connectivity index (χ2n) is 29.5. The monoisotopic (exact) mass is 1500 g/mol. The summed E-state index contributed by atoms with van der Waals surface area (Å²) in [5, 5.41) is 13.3. The summed E-state index contributed by atoms with van der Waals surface area (Å²) >= 11 is 0. The van der Waals surface area contributed by atoms with Crippen molar-refractivity contribution in [1.82, 2.24) is 43.0 Å². The number of fused-ring (bicyclic) bond motifs is 20. The molecule has 117 heavy (non-hydrogen) atoms. The fourth-order valence-corrected chi connectivity index (χ4v) is 17.3. The fourth-order valence-electron chi connectivity index (χ4n) is 17.3. The van der Waals surface area contributed by atoms with E-state index in [9.17, 15) is 0 Å². The molecule has 0 unspecified atom stereocenters. The summed E-state index contributed by atoms with van der Waals surface area (Å²) in [4.78, 5) is 24.1. The van der Waals surface area contributed by atoms with Crippen LogP contribution >= 0.6 is 0 Å². The zero-order chi connectivity index (χ0) is 77.0. The molecule has 0 bridgehead atoms. The number of benzene rings is 14. The average Bonchev–Trinajstić information content (AvgIpc) is 1.58. The van der Waals surface area contributed by atoms with E-state index < -0.39 is 0 Å². The van der Waals surface area contributed by atoms with Crippen LogP contribution in [0.1, 0.15) is 0 Å². The molecule has 12 nitrogen and oxygen atoms in total. The first-order valence-corrected chi connectivity index (χ1v) is 39.2. The van der Waals surface area contributed by atoms with Crippen LogP contribution in [-0.4, -0.2) is 43.0 Å². The number of aromatic nitrogens is 9. The van der Waals surface area contributed by atoms with Crippen LogP contribution in [0.5, 0.6) is 0 Å². The maximum absolute atomic E-state index is 6.56. The van der Waals surface area contributed by atoms with Crippen molar-refractivity contribution in [2.75, 3.05) is 0 Å². The van der Waals surface area contributed by atoms with Gasteiger partial charge in [-0.25, -0.2) is 15.0 Å². The van der Waals surface area contributed by atoms with Crippen molar-refractivity contribution < 1.29 is 13.3 Å². The van der Waals surface area contributed by atoms with Gasteiger partial charge < -0.3 is 22.4 Å². The Hall–Kier alpha value is -16.1. The summed E-state index contributed by atoms with van der Waals surface area (Å²) in [6.07, 6.45) is 7.75. The van der Waals surface area contributed by atoms with Gasteiger partial charge in [0.1, 0.15) is 39.7 Å². The predicted octanol–water partition coefficient (Wildman–Crippen LogP) is 27.3. The molecule has 25 rings (SSSR count). The van der Waals surface area contributed by atoms with Crippen LogP contribution in [0.2, 0.25) is 0 Å². The van der Waals surface area contributed by atoms with Gasteiger partial charge in [0.15, 0.2) is 0 Å². The molecule has 14 aromatic carbocycles. The van der Waals surface area contributed by atoms with Gasteiger partial charge in [-0.15, -0.1) is 0 Å². The summed E-state index contributed by atoms with van der Waals surface area (Å²) in [5.41, 5.74) is 24.9. The van der Waals surface area contributed by atoms with Gasteiger partial charge in [0, 0.05) is 118 Å². The number of para-hydroxylation sites is 4. The van der Waals surface area contributed by atoms with Gasteiger partial charge in [-0.2, -0.15) is 0 Å². The highest BCUT2D eigenvalue weighted by Gasteiger charge is 2.24. The quantitative estimate of drug-likeness (QED) is 0.131. The van der Waals surface area contributed by atoms with Crippen molar-refractivity contribution in [2.45, 2.75) is 0 Å². The van der Waals surface area contributed by atoms with Crippen LogP contribution in [0, 0.1) is 0 Å². The smallest absolute Gasteiger partial charge is 0.235 e. The third-order valence-corrected chi connectivity index (χ3v) is 22.6. The maximum Gasteiger partial charge on any atom is 0.235 e. The van der Waals surface area contributed by atoms with Gasteiger partial charge in [0.25, 0.3) is 0 Å². The highest BCUT2D eigenvalue weighted by Crippen LogP contribution is 2.45. The first kappa shape index (κ1) is 66.7. The zero-order valence-electron chi connectivity index (χ0n) is 62.8. The Morgan fingerprint density at radius 2 is 0.726 bits per heavy atom. The van der Waals surface area contributed by atoms with Crippen molar-refractivity contribution in [2.24, 2.45) is 0 Å². The predicted molar refractivity (Wildman–Crippen MR) is 477 cm³/mol. The second kappa shape index (κ2) is 27.4. The minimum Gasteiger partial charge on any atom is -0.455 e. The molecule has 548 valence electrons. The highest BCUT2D eigenvalue weighted by atomic mass is 16.3. The zero-order valence-corrected chi connectivity index (χ0v) is 62.8. The van der Waals surface area contributed by atoms with E-state index in [-0.39, 0.29) is 0 Å². The van der Waals surface area contributed by atoms with Gasteiger partial charge >= 0.3 is 0 Å². The third kappa shape index (κ3) is 11.3. The van der Waals surface area contributed by atoms with Crippen LogP contribution in [-0.2, 0) is 0 Å². The Balaban J connectivity index is 0.000000104. The van der Waals surface area contributed by atoms with Gasteiger partial charge in [-0.05, 0) is 133 Å². The van der Waals surface area contributed by atoms with Gasteiger partial charge in [0.2, 0.25) is 5.95 Å². The SMILES string of the molecule is c1ccc(-c2cc3ccc4c(c5ccccc5n4-c4ccc(-c5nc6ccccn6c5-c5ccccc5)cc4)c3o2)cc1.c1ccc(-c2cc3ccc4c(c5ccccc5n4-c4cccc(-c5cnc6c(ccc7cccnc76)c5)c4)c3o2)cc1.c1ccc(-c2cc3ccc4c(c5ccccc5n4-c4ncc5ccccc5n4)c3o2)cc1. The van der Waals surface area contributed by atoms with Crippen molar-refractivity contribution in [1.29, 1.82) is 0 Å². The largest absolute Gasteiger partial charge is 0.455 e. The Labute approximate surface area is 668 Å². The molecule has 0 fully saturated rings. The molecule has 11 heterocycles. The van der Waals surface area contributed by atoms with E-state index in [1.807, 2.05) is 122 Å². The summed E-state index contributed by atoms with van der Waals surface area (Å²) in [6.45, 7) is 0. The molecule has 0 saturated carbocycles. The molecule has 0 amide bonds. The molecule has 0 spiro atoms. The molecule has 11 aromatic heterocycles. The van der Waals surface area contributed by atoms with Gasteiger partial charge in [-0.1, -0.05) is 243 Å². The Morgan fingerprint density at radius 3 is 1.32 bits per heavy atom. The van der Waals surface area contributed by atoms with Gasteiger partial charge in [0.05, 0.1) is 77.2 Å². The number of hydrogen-bond acceptors (Lipinski definition) is 8. The van der Waals surface area contributed by atoms with Crippen molar-refractivity contribution in [3.8, 4) is 84.9 Å². The minimum absolute atomic E-state index is 0.657. The molecule has 0 aliphatic heterocycles. The highest BCUT2D eigenvalue weighted by molar-refractivity contribution is 6.23. The van der Waals surface area contributed by atoms with E-state index in [0.717, 1.165) is 205 Å². The number of hydrogen-bond donors (Lipinski definition) is 0. The van der Waals surface area contributed by atoms with E-state index >= 15 is 0 Å². The molecule has 0 radical (unpaired) electrons. The van der Waals surface area contributed by atoms with E-state index in [0.29, 0.717) is 5.95 Å². The number of rotatable bonds is 9. The van der Waals surface area contributed by atoms with E-state index in [2.05, 4.69) is 296 Å². The van der Waals surface area contributed by atoms with E-state index in [1.54, 1.807) is 0 Å². The summed E-state index contributed by atoms with van der Waals surface area (Å²) in [5.74, 6) is 3.28. The van der Waals surface area contributed by atoms with Crippen LogP contribution < -0.4 is 0 Å². The fraction of sp³-hybridized carbons (Fsp3) is 0. The number of pyridine rings is 3. The van der Waals surface area contributed by atoms with Crippen LogP contribution in [0.25, 0.3) is 222 Å². The number of nitrogens with zero attached hydrogens (tertiary/aromatic N) is 9. The Morgan fingerprint density at radius 1 is 0.256 bits per heavy atom. The minimum atomic E-state index is 0.657. The molecule has 25 aromatic rings. The number of furan rings is 3.